The zero-order valence-corrected chi connectivity index (χ0v) is 19.1. The van der Waals surface area contributed by atoms with E-state index in [0.717, 1.165) is 6.42 Å². The molecule has 0 spiro atoms. The largest absolute Gasteiger partial charge is 0.407 e. The van der Waals surface area contributed by atoms with Crippen LogP contribution in [-0.4, -0.2) is 32.9 Å². The maximum absolute atomic E-state index is 6.95. The van der Waals surface area contributed by atoms with Gasteiger partial charge >= 0.3 is 0 Å². The fourth-order valence-electron chi connectivity index (χ4n) is 4.40. The van der Waals surface area contributed by atoms with Gasteiger partial charge in [0.1, 0.15) is 0 Å². The van der Waals surface area contributed by atoms with Crippen LogP contribution in [0.2, 0.25) is 5.04 Å². The average molecular weight is 399 g/mol. The number of hydrogen-bond acceptors (Lipinski definition) is 3. The van der Waals surface area contributed by atoms with E-state index in [0.29, 0.717) is 6.61 Å². The van der Waals surface area contributed by atoms with Gasteiger partial charge < -0.3 is 13.9 Å². The molecule has 0 bridgehead atoms. The minimum Gasteiger partial charge on any atom is -0.407 e. The first kappa shape index (κ1) is 21.3. The van der Waals surface area contributed by atoms with Gasteiger partial charge in [-0.15, -0.1) is 0 Å². The fourth-order valence-corrected chi connectivity index (χ4v) is 8.97. The topological polar surface area (TPSA) is 27.7 Å². The summed E-state index contributed by atoms with van der Waals surface area (Å²) in [6.07, 6.45) is 0.973. The Bertz CT molecular complexity index is 713. The first-order chi connectivity index (χ1) is 13.2. The smallest absolute Gasteiger partial charge is 0.261 e. The standard InChI is InChI=1S/C24H34O3Si/c1-19-22(27-24(5,6)26-19)17-18-25-28(23(2,3)4,20-13-9-7-10-14-20)21-15-11-8-12-16-21/h7-16,19,22H,17-18H2,1-6H3/t19-,22-/m1/s1. The monoisotopic (exact) mass is 398 g/mol. The van der Waals surface area contributed by atoms with Crippen molar-refractivity contribution in [1.82, 2.24) is 0 Å². The molecule has 4 heteroatoms. The van der Waals surface area contributed by atoms with Crippen molar-refractivity contribution < 1.29 is 13.9 Å². The Kier molecular flexibility index (Phi) is 6.16. The molecule has 0 saturated carbocycles. The quantitative estimate of drug-likeness (QED) is 0.671. The summed E-state index contributed by atoms with van der Waals surface area (Å²) in [6, 6.07) is 21.5. The third-order valence-corrected chi connectivity index (χ3v) is 10.6. The van der Waals surface area contributed by atoms with E-state index in [4.69, 9.17) is 13.9 Å². The lowest BCUT2D eigenvalue weighted by Gasteiger charge is -2.43. The summed E-state index contributed by atoms with van der Waals surface area (Å²) in [6.45, 7) is 13.6. The molecule has 1 fully saturated rings. The van der Waals surface area contributed by atoms with Crippen LogP contribution in [-0.2, 0) is 13.9 Å². The zero-order chi connectivity index (χ0) is 20.4. The molecule has 2 aromatic rings. The molecule has 1 heterocycles. The molecule has 2 atom stereocenters. The molecule has 3 nitrogen and oxygen atoms in total. The second-order valence-electron chi connectivity index (χ2n) is 9.18. The highest BCUT2D eigenvalue weighted by atomic mass is 28.4. The van der Waals surface area contributed by atoms with Crippen molar-refractivity contribution in [2.75, 3.05) is 6.61 Å². The van der Waals surface area contributed by atoms with Gasteiger partial charge in [-0.1, -0.05) is 81.4 Å². The first-order valence-corrected chi connectivity index (χ1v) is 12.2. The van der Waals surface area contributed by atoms with E-state index in [1.165, 1.54) is 10.4 Å². The van der Waals surface area contributed by atoms with Crippen molar-refractivity contribution in [3.63, 3.8) is 0 Å². The maximum Gasteiger partial charge on any atom is 0.261 e. The first-order valence-electron chi connectivity index (χ1n) is 10.3. The number of hydrogen-bond donors (Lipinski definition) is 0. The molecule has 0 amide bonds. The molecule has 152 valence electrons. The summed E-state index contributed by atoms with van der Waals surface area (Å²) in [4.78, 5) is 0. The number of ether oxygens (including phenoxy) is 2. The average Bonchev–Trinajstić information content (AvgIpc) is 2.91. The van der Waals surface area contributed by atoms with Crippen LogP contribution in [0.15, 0.2) is 60.7 Å². The fraction of sp³-hybridized carbons (Fsp3) is 0.500. The number of rotatable bonds is 6. The van der Waals surface area contributed by atoms with Crippen LogP contribution in [0, 0.1) is 0 Å². The third-order valence-electron chi connectivity index (χ3n) is 5.57. The lowest BCUT2D eigenvalue weighted by Crippen LogP contribution is -2.66. The summed E-state index contributed by atoms with van der Waals surface area (Å²) in [5.74, 6) is -0.512. The van der Waals surface area contributed by atoms with Crippen molar-refractivity contribution in [2.24, 2.45) is 0 Å². The molecular weight excluding hydrogens is 364 g/mol. The van der Waals surface area contributed by atoms with Crippen LogP contribution >= 0.6 is 0 Å². The van der Waals surface area contributed by atoms with Crippen LogP contribution in [0.1, 0.15) is 48.0 Å². The normalized spacial score (nSPS) is 22.4. The van der Waals surface area contributed by atoms with E-state index in [1.54, 1.807) is 0 Å². The predicted molar refractivity (Wildman–Crippen MR) is 118 cm³/mol. The summed E-state index contributed by atoms with van der Waals surface area (Å²) >= 11 is 0. The van der Waals surface area contributed by atoms with E-state index < -0.39 is 14.1 Å². The zero-order valence-electron chi connectivity index (χ0n) is 18.1. The van der Waals surface area contributed by atoms with Gasteiger partial charge in [-0.2, -0.15) is 0 Å². The van der Waals surface area contributed by atoms with Gasteiger partial charge in [-0.05, 0) is 42.6 Å². The van der Waals surface area contributed by atoms with Gasteiger partial charge in [0.2, 0.25) is 0 Å². The highest BCUT2D eigenvalue weighted by Gasteiger charge is 2.50. The number of benzene rings is 2. The highest BCUT2D eigenvalue weighted by Crippen LogP contribution is 2.37. The predicted octanol–water partition coefficient (Wildman–Crippen LogP) is 4.49. The van der Waals surface area contributed by atoms with Crippen LogP contribution in [0.3, 0.4) is 0 Å². The molecule has 2 aromatic carbocycles. The summed E-state index contributed by atoms with van der Waals surface area (Å²) in [5, 5.41) is 2.62. The SMILES string of the molecule is C[C@H]1OC(C)(C)O[C@@H]1CCO[Si](c1ccccc1)(c1ccccc1)C(C)(C)C. The molecule has 0 aromatic heterocycles. The Labute approximate surface area is 171 Å². The second-order valence-corrected chi connectivity index (χ2v) is 13.5. The summed E-state index contributed by atoms with van der Waals surface area (Å²) in [7, 11) is -2.48. The van der Waals surface area contributed by atoms with Crippen molar-refractivity contribution in [2.45, 2.75) is 71.0 Å². The molecule has 0 N–H and O–H groups in total. The van der Waals surface area contributed by atoms with Gasteiger partial charge in [0.05, 0.1) is 12.2 Å². The van der Waals surface area contributed by atoms with E-state index >= 15 is 0 Å². The molecule has 1 aliphatic heterocycles. The second kappa shape index (κ2) is 8.11. The lowest BCUT2D eigenvalue weighted by atomic mass is 10.2. The molecule has 3 rings (SSSR count). The van der Waals surface area contributed by atoms with Gasteiger partial charge in [-0.3, -0.25) is 0 Å². The van der Waals surface area contributed by atoms with Crippen molar-refractivity contribution in [3.8, 4) is 0 Å². The van der Waals surface area contributed by atoms with Crippen molar-refractivity contribution in [1.29, 1.82) is 0 Å². The van der Waals surface area contributed by atoms with Gasteiger partial charge in [0.15, 0.2) is 5.79 Å². The molecule has 1 saturated heterocycles. The van der Waals surface area contributed by atoms with E-state index in [1.807, 2.05) is 13.8 Å². The van der Waals surface area contributed by atoms with Gasteiger partial charge in [0.25, 0.3) is 8.32 Å². The summed E-state index contributed by atoms with van der Waals surface area (Å²) in [5.41, 5.74) is 0. The Hall–Kier alpha value is -1.46. The Morgan fingerprint density at radius 2 is 1.39 bits per heavy atom. The molecule has 0 radical (unpaired) electrons. The van der Waals surface area contributed by atoms with Crippen LogP contribution < -0.4 is 10.4 Å². The van der Waals surface area contributed by atoms with Gasteiger partial charge in [-0.25, -0.2) is 0 Å². The molecule has 0 aliphatic carbocycles. The Morgan fingerprint density at radius 3 is 1.79 bits per heavy atom. The summed E-state index contributed by atoms with van der Waals surface area (Å²) < 4.78 is 18.9. The van der Waals surface area contributed by atoms with Gasteiger partial charge in [0, 0.05) is 6.61 Å². The van der Waals surface area contributed by atoms with Crippen LogP contribution in [0.25, 0.3) is 0 Å². The Morgan fingerprint density at radius 1 is 0.893 bits per heavy atom. The molecule has 28 heavy (non-hydrogen) atoms. The minimum atomic E-state index is -2.48. The van der Waals surface area contributed by atoms with Crippen molar-refractivity contribution >= 4 is 18.7 Å². The molecular formula is C24H34O3Si. The van der Waals surface area contributed by atoms with Crippen LogP contribution in [0.5, 0.6) is 0 Å². The van der Waals surface area contributed by atoms with Crippen LogP contribution in [0.4, 0.5) is 0 Å². The third kappa shape index (κ3) is 4.25. The molecule has 1 aliphatic rings. The van der Waals surface area contributed by atoms with Crippen molar-refractivity contribution in [3.05, 3.63) is 60.7 Å². The maximum atomic E-state index is 6.95. The van der Waals surface area contributed by atoms with E-state index in [-0.39, 0.29) is 17.2 Å². The van der Waals surface area contributed by atoms with E-state index in [9.17, 15) is 0 Å². The Balaban J connectivity index is 1.91. The van der Waals surface area contributed by atoms with E-state index in [2.05, 4.69) is 88.4 Å². The molecule has 0 unspecified atom stereocenters. The minimum absolute atomic E-state index is 0.00632. The lowest BCUT2D eigenvalue weighted by molar-refractivity contribution is -0.145. The highest BCUT2D eigenvalue weighted by molar-refractivity contribution is 6.99.